The molecule has 7 heteroatoms. The minimum absolute atomic E-state index is 0.203. The standard InChI is InChI=1S/C17H25N5O2/c1-22(2)17(24-16-6-4-12(19)10-14(16)21)7-8-23-15-5-3-11(18)9-13(15)20/h3-6,9-10,17H,7-8,18-21H2,1-2H3. The minimum Gasteiger partial charge on any atom is -0.491 e. The summed E-state index contributed by atoms with van der Waals surface area (Å²) in [6, 6.07) is 10.4. The van der Waals surface area contributed by atoms with Gasteiger partial charge in [0.15, 0.2) is 6.23 Å². The Labute approximate surface area is 142 Å². The summed E-state index contributed by atoms with van der Waals surface area (Å²) in [6.07, 6.45) is 0.423. The van der Waals surface area contributed by atoms with E-state index in [0.717, 1.165) is 0 Å². The van der Waals surface area contributed by atoms with Crippen LogP contribution in [0.2, 0.25) is 0 Å². The number of nitrogens with zero attached hydrogens (tertiary/aromatic N) is 1. The first-order valence-electron chi connectivity index (χ1n) is 7.62. The van der Waals surface area contributed by atoms with Crippen molar-refractivity contribution in [2.75, 3.05) is 43.6 Å². The maximum Gasteiger partial charge on any atom is 0.155 e. The van der Waals surface area contributed by atoms with Crippen molar-refractivity contribution in [1.29, 1.82) is 0 Å². The number of benzene rings is 2. The first-order chi connectivity index (χ1) is 11.4. The number of ether oxygens (including phenoxy) is 2. The maximum absolute atomic E-state index is 5.96. The fourth-order valence-electron chi connectivity index (χ4n) is 2.21. The van der Waals surface area contributed by atoms with Gasteiger partial charge in [0.1, 0.15) is 11.5 Å². The molecule has 1 atom stereocenters. The van der Waals surface area contributed by atoms with Gasteiger partial charge >= 0.3 is 0 Å². The highest BCUT2D eigenvalue weighted by Gasteiger charge is 2.15. The summed E-state index contributed by atoms with van der Waals surface area (Å²) in [6.45, 7) is 0.436. The van der Waals surface area contributed by atoms with E-state index in [0.29, 0.717) is 47.3 Å². The molecule has 24 heavy (non-hydrogen) atoms. The van der Waals surface area contributed by atoms with Gasteiger partial charge in [-0.05, 0) is 50.5 Å². The van der Waals surface area contributed by atoms with Crippen LogP contribution in [-0.4, -0.2) is 31.8 Å². The van der Waals surface area contributed by atoms with Crippen LogP contribution in [0.4, 0.5) is 22.7 Å². The van der Waals surface area contributed by atoms with Crippen molar-refractivity contribution in [3.8, 4) is 11.5 Å². The molecule has 0 saturated heterocycles. The molecular formula is C17H25N5O2. The molecule has 7 nitrogen and oxygen atoms in total. The van der Waals surface area contributed by atoms with Gasteiger partial charge in [-0.3, -0.25) is 4.90 Å². The number of rotatable bonds is 7. The highest BCUT2D eigenvalue weighted by atomic mass is 16.5. The largest absolute Gasteiger partial charge is 0.491 e. The molecule has 0 heterocycles. The Bertz CT molecular complexity index is 691. The molecule has 0 aliphatic heterocycles. The van der Waals surface area contributed by atoms with Gasteiger partial charge in [0.05, 0.1) is 18.0 Å². The van der Waals surface area contributed by atoms with E-state index >= 15 is 0 Å². The predicted octanol–water partition coefficient (Wildman–Crippen LogP) is 1.75. The molecule has 0 fully saturated rings. The summed E-state index contributed by atoms with van der Waals surface area (Å²) in [4.78, 5) is 1.95. The van der Waals surface area contributed by atoms with Crippen LogP contribution in [0.1, 0.15) is 6.42 Å². The number of hydrogen-bond acceptors (Lipinski definition) is 7. The number of hydrogen-bond donors (Lipinski definition) is 4. The SMILES string of the molecule is CN(C)C(CCOc1ccc(N)cc1N)Oc1ccc(N)cc1N. The van der Waals surface area contributed by atoms with Crippen LogP contribution < -0.4 is 32.4 Å². The third-order valence-electron chi connectivity index (χ3n) is 3.53. The molecule has 0 aromatic heterocycles. The van der Waals surface area contributed by atoms with E-state index in [1.165, 1.54) is 0 Å². The second-order valence-corrected chi connectivity index (χ2v) is 5.77. The molecule has 1 unspecified atom stereocenters. The lowest BCUT2D eigenvalue weighted by atomic mass is 10.2. The Morgan fingerprint density at radius 1 is 0.875 bits per heavy atom. The summed E-state index contributed by atoms with van der Waals surface area (Å²) in [5.74, 6) is 1.20. The smallest absolute Gasteiger partial charge is 0.155 e. The second kappa shape index (κ2) is 7.65. The summed E-state index contributed by atoms with van der Waals surface area (Å²) in [7, 11) is 3.85. The zero-order valence-electron chi connectivity index (χ0n) is 14.0. The van der Waals surface area contributed by atoms with E-state index < -0.39 is 0 Å². The van der Waals surface area contributed by atoms with Gasteiger partial charge < -0.3 is 32.4 Å². The zero-order chi connectivity index (χ0) is 17.7. The van der Waals surface area contributed by atoms with Crippen molar-refractivity contribution in [3.63, 3.8) is 0 Å². The average Bonchev–Trinajstić information content (AvgIpc) is 2.50. The predicted molar refractivity (Wildman–Crippen MR) is 98.7 cm³/mol. The highest BCUT2D eigenvalue weighted by Crippen LogP contribution is 2.26. The van der Waals surface area contributed by atoms with Crippen LogP contribution in [0.5, 0.6) is 11.5 Å². The number of nitrogen functional groups attached to an aromatic ring is 4. The normalized spacial score (nSPS) is 12.1. The summed E-state index contributed by atoms with van der Waals surface area (Å²) >= 11 is 0. The monoisotopic (exact) mass is 331 g/mol. The summed E-state index contributed by atoms with van der Waals surface area (Å²) < 4.78 is 11.7. The van der Waals surface area contributed by atoms with Crippen molar-refractivity contribution in [2.45, 2.75) is 12.6 Å². The molecule has 0 aliphatic carbocycles. The molecule has 2 aromatic rings. The van der Waals surface area contributed by atoms with Crippen LogP contribution >= 0.6 is 0 Å². The highest BCUT2D eigenvalue weighted by molar-refractivity contribution is 5.61. The Hall–Kier alpha value is -2.80. The third kappa shape index (κ3) is 4.60. The second-order valence-electron chi connectivity index (χ2n) is 5.77. The van der Waals surface area contributed by atoms with E-state index in [2.05, 4.69) is 0 Å². The van der Waals surface area contributed by atoms with E-state index in [-0.39, 0.29) is 6.23 Å². The van der Waals surface area contributed by atoms with Crippen molar-refractivity contribution < 1.29 is 9.47 Å². The Kier molecular flexibility index (Phi) is 5.59. The zero-order valence-corrected chi connectivity index (χ0v) is 14.0. The van der Waals surface area contributed by atoms with Crippen LogP contribution in [0, 0.1) is 0 Å². The molecule has 2 aromatic carbocycles. The molecule has 8 N–H and O–H groups in total. The van der Waals surface area contributed by atoms with Gasteiger partial charge in [-0.25, -0.2) is 0 Å². The van der Waals surface area contributed by atoms with Gasteiger partial charge in [-0.15, -0.1) is 0 Å². The van der Waals surface area contributed by atoms with Crippen molar-refractivity contribution >= 4 is 22.7 Å². The number of anilines is 4. The molecule has 0 bridgehead atoms. The van der Waals surface area contributed by atoms with Gasteiger partial charge in [-0.1, -0.05) is 0 Å². The molecule has 0 spiro atoms. The molecule has 0 aliphatic rings. The molecular weight excluding hydrogens is 306 g/mol. The van der Waals surface area contributed by atoms with Gasteiger partial charge in [-0.2, -0.15) is 0 Å². The fraction of sp³-hybridized carbons (Fsp3) is 0.294. The van der Waals surface area contributed by atoms with Crippen LogP contribution in [-0.2, 0) is 0 Å². The average molecular weight is 331 g/mol. The molecule has 130 valence electrons. The van der Waals surface area contributed by atoms with E-state index in [1.807, 2.05) is 19.0 Å². The first kappa shape index (κ1) is 17.6. The first-order valence-corrected chi connectivity index (χ1v) is 7.62. The lowest BCUT2D eigenvalue weighted by molar-refractivity contribution is 0.0453. The summed E-state index contributed by atoms with van der Waals surface area (Å²) in [5.41, 5.74) is 25.4. The molecule has 0 radical (unpaired) electrons. The Balaban J connectivity index is 1.96. The van der Waals surface area contributed by atoms with E-state index in [9.17, 15) is 0 Å². The van der Waals surface area contributed by atoms with Crippen molar-refractivity contribution in [3.05, 3.63) is 36.4 Å². The third-order valence-corrected chi connectivity index (χ3v) is 3.53. The van der Waals surface area contributed by atoms with Gasteiger partial charge in [0, 0.05) is 17.8 Å². The van der Waals surface area contributed by atoms with Gasteiger partial charge in [0.25, 0.3) is 0 Å². The van der Waals surface area contributed by atoms with E-state index in [1.54, 1.807) is 36.4 Å². The van der Waals surface area contributed by atoms with Crippen LogP contribution in [0.25, 0.3) is 0 Å². The fourth-order valence-corrected chi connectivity index (χ4v) is 2.21. The minimum atomic E-state index is -0.203. The number of nitrogens with two attached hydrogens (primary N) is 4. The van der Waals surface area contributed by atoms with Crippen LogP contribution in [0.15, 0.2) is 36.4 Å². The lowest BCUT2D eigenvalue weighted by Crippen LogP contribution is -2.35. The van der Waals surface area contributed by atoms with Crippen molar-refractivity contribution in [1.82, 2.24) is 4.90 Å². The molecule has 0 saturated carbocycles. The summed E-state index contributed by atoms with van der Waals surface area (Å²) in [5, 5.41) is 0. The van der Waals surface area contributed by atoms with E-state index in [4.69, 9.17) is 32.4 Å². The molecule has 2 rings (SSSR count). The topological polar surface area (TPSA) is 126 Å². The van der Waals surface area contributed by atoms with Crippen LogP contribution in [0.3, 0.4) is 0 Å². The maximum atomic E-state index is 5.96. The lowest BCUT2D eigenvalue weighted by Gasteiger charge is -2.26. The quantitative estimate of drug-likeness (QED) is 0.450. The van der Waals surface area contributed by atoms with Crippen molar-refractivity contribution in [2.24, 2.45) is 0 Å². The Morgan fingerprint density at radius 3 is 1.92 bits per heavy atom. The molecule has 0 amide bonds. The van der Waals surface area contributed by atoms with Gasteiger partial charge in [0.2, 0.25) is 0 Å². The Morgan fingerprint density at radius 2 is 1.42 bits per heavy atom.